The van der Waals surface area contributed by atoms with Gasteiger partial charge in [-0.1, -0.05) is 13.8 Å². The van der Waals surface area contributed by atoms with E-state index in [1.54, 1.807) is 23.1 Å². The Hall–Kier alpha value is -3.13. The molecule has 228 valence electrons. The van der Waals surface area contributed by atoms with E-state index in [0.29, 0.717) is 55.2 Å². The monoisotopic (exact) mass is 582 g/mol. The molecule has 42 heavy (non-hydrogen) atoms. The van der Waals surface area contributed by atoms with Crippen LogP contribution in [0.15, 0.2) is 36.4 Å². The standard InChI is InChI=1S/C34H44F2N2O4/c1-4-10-37(11-5-2)33(41)27-14-22(3)13-25(18-27)31(39)19-26(15-24-16-28(35)20-29(36)17-24)32(40)30-7-6-12-38(34(30)42)21-23-8-9-23/h13-14,16-18,20,23,26,30,32,40H,4-12,15,19,21H2,1-3H3/t26?,30?,32-/m0/s1. The molecule has 1 aliphatic heterocycles. The van der Waals surface area contributed by atoms with Crippen LogP contribution in [0.3, 0.4) is 0 Å². The number of Topliss-reactive ketones (excluding diaryl/α,β-unsaturated/α-hetero) is 1. The first-order valence-electron chi connectivity index (χ1n) is 15.5. The van der Waals surface area contributed by atoms with Crippen LogP contribution in [0.5, 0.6) is 0 Å². The zero-order chi connectivity index (χ0) is 30.4. The zero-order valence-electron chi connectivity index (χ0n) is 25.1. The van der Waals surface area contributed by atoms with Crippen LogP contribution in [0.25, 0.3) is 0 Å². The van der Waals surface area contributed by atoms with Gasteiger partial charge >= 0.3 is 0 Å². The van der Waals surface area contributed by atoms with Crippen LogP contribution < -0.4 is 0 Å². The molecule has 2 unspecified atom stereocenters. The number of aliphatic hydroxyl groups excluding tert-OH is 1. The third kappa shape index (κ3) is 8.24. The molecule has 2 amide bonds. The van der Waals surface area contributed by atoms with Crippen molar-refractivity contribution < 1.29 is 28.3 Å². The van der Waals surface area contributed by atoms with Crippen LogP contribution >= 0.6 is 0 Å². The van der Waals surface area contributed by atoms with Crippen molar-refractivity contribution >= 4 is 17.6 Å². The summed E-state index contributed by atoms with van der Waals surface area (Å²) in [7, 11) is 0. The van der Waals surface area contributed by atoms with Gasteiger partial charge in [0.1, 0.15) is 11.6 Å². The van der Waals surface area contributed by atoms with E-state index in [1.807, 2.05) is 25.7 Å². The van der Waals surface area contributed by atoms with E-state index in [-0.39, 0.29) is 30.4 Å². The van der Waals surface area contributed by atoms with Crippen LogP contribution in [-0.4, -0.2) is 64.8 Å². The number of rotatable bonds is 14. The van der Waals surface area contributed by atoms with Crippen molar-refractivity contribution in [2.75, 3.05) is 26.2 Å². The molecular weight excluding hydrogens is 538 g/mol. The molecule has 0 spiro atoms. The van der Waals surface area contributed by atoms with Crippen molar-refractivity contribution in [3.05, 3.63) is 70.3 Å². The van der Waals surface area contributed by atoms with Crippen LogP contribution in [0, 0.1) is 36.3 Å². The number of carbonyl (C=O) groups excluding carboxylic acids is 3. The molecule has 2 aliphatic rings. The van der Waals surface area contributed by atoms with E-state index in [9.17, 15) is 28.3 Å². The number of ketones is 1. The minimum atomic E-state index is -1.16. The molecule has 2 aromatic rings. The molecule has 8 heteroatoms. The fourth-order valence-electron chi connectivity index (χ4n) is 6.22. The summed E-state index contributed by atoms with van der Waals surface area (Å²) in [6.45, 7) is 8.44. The molecule has 2 aromatic carbocycles. The number of nitrogens with zero attached hydrogens (tertiary/aromatic N) is 2. The second kappa shape index (κ2) is 14.4. The molecule has 0 bridgehead atoms. The summed E-state index contributed by atoms with van der Waals surface area (Å²) in [6.07, 6.45) is 3.85. The number of amides is 2. The largest absolute Gasteiger partial charge is 0.392 e. The first-order chi connectivity index (χ1) is 20.1. The zero-order valence-corrected chi connectivity index (χ0v) is 25.1. The Morgan fingerprint density at radius 3 is 2.24 bits per heavy atom. The molecule has 6 nitrogen and oxygen atoms in total. The van der Waals surface area contributed by atoms with Crippen molar-refractivity contribution in [3.8, 4) is 0 Å². The average molecular weight is 583 g/mol. The minimum Gasteiger partial charge on any atom is -0.392 e. The molecule has 0 aromatic heterocycles. The van der Waals surface area contributed by atoms with Crippen LogP contribution in [0.1, 0.15) is 90.6 Å². The lowest BCUT2D eigenvalue weighted by molar-refractivity contribution is -0.144. The number of aliphatic hydroxyl groups is 1. The van der Waals surface area contributed by atoms with E-state index in [1.165, 1.54) is 12.1 Å². The highest BCUT2D eigenvalue weighted by Crippen LogP contribution is 2.34. The molecular formula is C34H44F2N2O4. The fraction of sp³-hybridized carbons (Fsp3) is 0.559. The molecule has 4 rings (SSSR count). The normalized spacial score (nSPS) is 18.6. The number of benzene rings is 2. The molecule has 0 radical (unpaired) electrons. The molecule has 3 atom stereocenters. The summed E-state index contributed by atoms with van der Waals surface area (Å²) in [5.41, 5.74) is 1.86. The van der Waals surface area contributed by atoms with Gasteiger partial charge in [-0.25, -0.2) is 8.78 Å². The number of likely N-dealkylation sites (tertiary alicyclic amines) is 1. The number of halogens is 2. The maximum atomic E-state index is 14.1. The third-order valence-electron chi connectivity index (χ3n) is 8.43. The predicted octanol–water partition coefficient (Wildman–Crippen LogP) is 5.98. The topological polar surface area (TPSA) is 77.9 Å². The molecule has 1 aliphatic carbocycles. The lowest BCUT2D eigenvalue weighted by atomic mass is 9.79. The Balaban J connectivity index is 1.59. The molecule has 1 saturated carbocycles. The average Bonchev–Trinajstić information content (AvgIpc) is 3.76. The molecule has 1 saturated heterocycles. The van der Waals surface area contributed by atoms with Gasteiger partial charge < -0.3 is 14.9 Å². The van der Waals surface area contributed by atoms with Gasteiger partial charge in [-0.3, -0.25) is 14.4 Å². The highest BCUT2D eigenvalue weighted by atomic mass is 19.1. The summed E-state index contributed by atoms with van der Waals surface area (Å²) < 4.78 is 28.2. The van der Waals surface area contributed by atoms with Gasteiger partial charge in [-0.05, 0) is 105 Å². The van der Waals surface area contributed by atoms with Crippen LogP contribution in [0.4, 0.5) is 8.78 Å². The van der Waals surface area contributed by atoms with Crippen LogP contribution in [0.2, 0.25) is 0 Å². The SMILES string of the molecule is CCCN(CCC)C(=O)c1cc(C)cc(C(=O)CC(Cc2cc(F)cc(F)c2)[C@H](O)C2CCCN(CC3CC3)C2=O)c1. The van der Waals surface area contributed by atoms with Crippen molar-refractivity contribution in [2.24, 2.45) is 17.8 Å². The van der Waals surface area contributed by atoms with Gasteiger partial charge in [-0.2, -0.15) is 0 Å². The number of hydrogen-bond acceptors (Lipinski definition) is 4. The van der Waals surface area contributed by atoms with Gasteiger partial charge in [0.15, 0.2) is 5.78 Å². The lowest BCUT2D eigenvalue weighted by Gasteiger charge is -2.37. The van der Waals surface area contributed by atoms with Gasteiger partial charge in [-0.15, -0.1) is 0 Å². The van der Waals surface area contributed by atoms with E-state index in [4.69, 9.17) is 0 Å². The Kier molecular flexibility index (Phi) is 10.9. The van der Waals surface area contributed by atoms with E-state index >= 15 is 0 Å². The van der Waals surface area contributed by atoms with Gasteiger partial charge in [0, 0.05) is 49.8 Å². The van der Waals surface area contributed by atoms with E-state index < -0.39 is 29.6 Å². The van der Waals surface area contributed by atoms with E-state index in [2.05, 4.69) is 0 Å². The van der Waals surface area contributed by atoms with E-state index in [0.717, 1.165) is 43.7 Å². The van der Waals surface area contributed by atoms with Gasteiger partial charge in [0.2, 0.25) is 5.91 Å². The highest BCUT2D eigenvalue weighted by Gasteiger charge is 2.40. The Bertz CT molecular complexity index is 1250. The number of aryl methyl sites for hydroxylation is 1. The Morgan fingerprint density at radius 1 is 0.976 bits per heavy atom. The van der Waals surface area contributed by atoms with Crippen LogP contribution in [-0.2, 0) is 11.2 Å². The van der Waals surface area contributed by atoms with Crippen molar-refractivity contribution in [1.82, 2.24) is 9.80 Å². The molecule has 1 heterocycles. The molecule has 1 N–H and O–H groups in total. The first-order valence-corrected chi connectivity index (χ1v) is 15.5. The smallest absolute Gasteiger partial charge is 0.253 e. The Labute approximate surface area is 248 Å². The maximum Gasteiger partial charge on any atom is 0.253 e. The highest BCUT2D eigenvalue weighted by molar-refractivity contribution is 6.01. The summed E-state index contributed by atoms with van der Waals surface area (Å²) in [4.78, 5) is 44.1. The number of hydrogen-bond donors (Lipinski definition) is 1. The summed E-state index contributed by atoms with van der Waals surface area (Å²) >= 11 is 0. The van der Waals surface area contributed by atoms with Gasteiger partial charge in [0.05, 0.1) is 12.0 Å². The van der Waals surface area contributed by atoms with Crippen molar-refractivity contribution in [2.45, 2.75) is 78.2 Å². The maximum absolute atomic E-state index is 14.1. The minimum absolute atomic E-state index is 0.0341. The summed E-state index contributed by atoms with van der Waals surface area (Å²) in [5, 5.41) is 11.6. The van der Waals surface area contributed by atoms with Crippen molar-refractivity contribution in [1.29, 1.82) is 0 Å². The van der Waals surface area contributed by atoms with Gasteiger partial charge in [0.25, 0.3) is 5.91 Å². The number of carbonyl (C=O) groups is 3. The predicted molar refractivity (Wildman–Crippen MR) is 158 cm³/mol. The van der Waals surface area contributed by atoms with Crippen molar-refractivity contribution in [3.63, 3.8) is 0 Å². The fourth-order valence-corrected chi connectivity index (χ4v) is 6.22. The third-order valence-corrected chi connectivity index (χ3v) is 8.43. The lowest BCUT2D eigenvalue weighted by Crippen LogP contribution is -2.48. The second-order valence-electron chi connectivity index (χ2n) is 12.2. The Morgan fingerprint density at radius 2 is 1.62 bits per heavy atom. The second-order valence-corrected chi connectivity index (χ2v) is 12.2. The summed E-state index contributed by atoms with van der Waals surface area (Å²) in [6, 6.07) is 8.28. The first kappa shape index (κ1) is 31.8. The summed E-state index contributed by atoms with van der Waals surface area (Å²) in [5.74, 6) is -2.92. The number of piperidine rings is 1. The quantitative estimate of drug-likeness (QED) is 0.278. The molecule has 2 fully saturated rings.